The van der Waals surface area contributed by atoms with Gasteiger partial charge in [-0.25, -0.2) is 4.39 Å². The van der Waals surface area contributed by atoms with Crippen LogP contribution in [-0.2, 0) is 11.2 Å². The molecule has 2 fully saturated rings. The molecular weight excluding hydrogens is 486 g/mol. The van der Waals surface area contributed by atoms with Gasteiger partial charge in [0, 0.05) is 44.5 Å². The first-order valence-corrected chi connectivity index (χ1v) is 11.6. The maximum Gasteiger partial charge on any atom is 0.272 e. The number of H-pyrrole nitrogens is 1. The summed E-state index contributed by atoms with van der Waals surface area (Å²) in [4.78, 5) is 43.2. The number of hydrogen-bond donors (Lipinski definition) is 2. The van der Waals surface area contributed by atoms with Gasteiger partial charge in [0.15, 0.2) is 0 Å². The third-order valence-corrected chi connectivity index (χ3v) is 7.17. The minimum Gasteiger partial charge on any atom is -0.380 e. The Hall–Kier alpha value is -2.88. The van der Waals surface area contributed by atoms with Crippen LogP contribution in [0.4, 0.5) is 4.39 Å². The molecule has 1 saturated carbocycles. The fourth-order valence-corrected chi connectivity index (χ4v) is 4.73. The zero-order chi connectivity index (χ0) is 24.2. The quantitative estimate of drug-likeness (QED) is 0.567. The molecule has 8 nitrogen and oxygen atoms in total. The highest BCUT2D eigenvalue weighted by Crippen LogP contribution is 2.37. The summed E-state index contributed by atoms with van der Waals surface area (Å²) in [6.45, 7) is 1.08. The standard InChI is InChI=1S/C23H21Cl2FN4O4/c24-16-11-18-20(31)27-12-14(30(18)19(16)25)9-13-1-2-17(26)15(10-13)21(32)28-5-7-29(8-6-28)22(33)23(34)3-4-23/h1-2,10-12,34H,3-9H2,(H,27,31). The molecule has 2 N–H and O–H groups in total. The first-order chi connectivity index (χ1) is 16.2. The molecule has 1 aliphatic heterocycles. The molecular formula is C23H21Cl2FN4O4. The maximum absolute atomic E-state index is 14.6. The van der Waals surface area contributed by atoms with Crippen LogP contribution in [0, 0.1) is 5.82 Å². The van der Waals surface area contributed by atoms with Gasteiger partial charge in [0.2, 0.25) is 0 Å². The van der Waals surface area contributed by atoms with E-state index in [-0.39, 0.29) is 65.3 Å². The van der Waals surface area contributed by atoms with Gasteiger partial charge in [0.1, 0.15) is 22.1 Å². The molecule has 0 unspecified atom stereocenters. The van der Waals surface area contributed by atoms with E-state index in [0.29, 0.717) is 24.1 Å². The van der Waals surface area contributed by atoms with Gasteiger partial charge in [-0.3, -0.25) is 18.8 Å². The highest BCUT2D eigenvalue weighted by atomic mass is 35.5. The second-order valence-electron chi connectivity index (χ2n) is 8.72. The van der Waals surface area contributed by atoms with Crippen LogP contribution in [0.5, 0.6) is 0 Å². The van der Waals surface area contributed by atoms with Gasteiger partial charge >= 0.3 is 0 Å². The third-order valence-electron chi connectivity index (χ3n) is 6.41. The average Bonchev–Trinajstić information content (AvgIpc) is 3.51. The number of nitrogens with zero attached hydrogens (tertiary/aromatic N) is 3. The van der Waals surface area contributed by atoms with E-state index in [0.717, 1.165) is 0 Å². The molecule has 3 heterocycles. The lowest BCUT2D eigenvalue weighted by Crippen LogP contribution is -2.53. The lowest BCUT2D eigenvalue weighted by molar-refractivity contribution is -0.143. The van der Waals surface area contributed by atoms with Crippen LogP contribution in [0.2, 0.25) is 10.2 Å². The summed E-state index contributed by atoms with van der Waals surface area (Å²) in [6.07, 6.45) is 2.70. The molecule has 0 spiro atoms. The van der Waals surface area contributed by atoms with Crippen LogP contribution < -0.4 is 5.56 Å². The van der Waals surface area contributed by atoms with Gasteiger partial charge < -0.3 is 19.9 Å². The minimum atomic E-state index is -1.24. The summed E-state index contributed by atoms with van der Waals surface area (Å²) in [5, 5.41) is 10.5. The maximum atomic E-state index is 14.6. The molecule has 11 heteroatoms. The number of hydrogen-bond acceptors (Lipinski definition) is 4. The lowest BCUT2D eigenvalue weighted by atomic mass is 10.0. The van der Waals surface area contributed by atoms with Crippen molar-refractivity contribution in [2.45, 2.75) is 24.9 Å². The smallest absolute Gasteiger partial charge is 0.272 e. The first kappa shape index (κ1) is 22.9. The molecule has 34 heavy (non-hydrogen) atoms. The van der Waals surface area contributed by atoms with Gasteiger partial charge in [0.05, 0.1) is 10.6 Å². The number of rotatable bonds is 4. The van der Waals surface area contributed by atoms with E-state index < -0.39 is 17.3 Å². The molecule has 1 saturated heterocycles. The number of carbonyl (C=O) groups is 2. The van der Waals surface area contributed by atoms with Crippen molar-refractivity contribution < 1.29 is 19.1 Å². The molecule has 1 aliphatic carbocycles. The van der Waals surface area contributed by atoms with Crippen molar-refractivity contribution in [2.24, 2.45) is 0 Å². The Kier molecular flexibility index (Phi) is 5.66. The molecule has 2 aliphatic rings. The van der Waals surface area contributed by atoms with E-state index in [1.54, 1.807) is 11.0 Å². The Morgan fingerprint density at radius 3 is 2.44 bits per heavy atom. The molecule has 178 valence electrons. The number of aliphatic hydroxyl groups is 1. The van der Waals surface area contributed by atoms with Crippen molar-refractivity contribution in [3.05, 3.63) is 73.6 Å². The van der Waals surface area contributed by atoms with E-state index in [4.69, 9.17) is 23.2 Å². The predicted octanol–water partition coefficient (Wildman–Crippen LogP) is 2.47. The average molecular weight is 507 g/mol. The topological polar surface area (TPSA) is 98.1 Å². The van der Waals surface area contributed by atoms with Gasteiger partial charge in [-0.2, -0.15) is 0 Å². The van der Waals surface area contributed by atoms with Crippen molar-refractivity contribution in [1.29, 1.82) is 0 Å². The number of aromatic nitrogens is 2. The van der Waals surface area contributed by atoms with Gasteiger partial charge in [0.25, 0.3) is 17.4 Å². The summed E-state index contributed by atoms with van der Waals surface area (Å²) in [6, 6.07) is 5.75. The van der Waals surface area contributed by atoms with E-state index >= 15 is 0 Å². The molecule has 0 radical (unpaired) electrons. The molecule has 1 aromatic carbocycles. The van der Waals surface area contributed by atoms with Crippen LogP contribution in [0.15, 0.2) is 35.3 Å². The Labute approximate surface area is 203 Å². The predicted molar refractivity (Wildman–Crippen MR) is 124 cm³/mol. The highest BCUT2D eigenvalue weighted by molar-refractivity contribution is 6.42. The number of aromatic amines is 1. The summed E-state index contributed by atoms with van der Waals surface area (Å²) < 4.78 is 16.1. The summed E-state index contributed by atoms with van der Waals surface area (Å²) in [5.41, 5.74) is -0.124. The number of piperazine rings is 1. The second kappa shape index (κ2) is 8.41. The van der Waals surface area contributed by atoms with Gasteiger partial charge in [-0.15, -0.1) is 0 Å². The van der Waals surface area contributed by atoms with E-state index in [1.165, 1.54) is 33.7 Å². The van der Waals surface area contributed by atoms with Crippen LogP contribution in [0.1, 0.15) is 34.5 Å². The van der Waals surface area contributed by atoms with Crippen LogP contribution in [-0.4, -0.2) is 67.9 Å². The van der Waals surface area contributed by atoms with Crippen molar-refractivity contribution in [1.82, 2.24) is 19.2 Å². The third kappa shape index (κ3) is 3.97. The van der Waals surface area contributed by atoms with Crippen molar-refractivity contribution >= 4 is 40.5 Å². The molecule has 2 aromatic heterocycles. The number of benzene rings is 1. The first-order valence-electron chi connectivity index (χ1n) is 10.8. The van der Waals surface area contributed by atoms with E-state index in [9.17, 15) is 23.9 Å². The molecule has 0 bridgehead atoms. The summed E-state index contributed by atoms with van der Waals surface area (Å²) in [5.74, 6) is -1.41. The molecule has 0 atom stereocenters. The number of halogens is 3. The molecule has 5 rings (SSSR count). The Bertz CT molecular complexity index is 1370. The van der Waals surface area contributed by atoms with E-state index in [2.05, 4.69) is 4.98 Å². The van der Waals surface area contributed by atoms with Gasteiger partial charge in [-0.1, -0.05) is 29.3 Å². The summed E-state index contributed by atoms with van der Waals surface area (Å²) in [7, 11) is 0. The summed E-state index contributed by atoms with van der Waals surface area (Å²) >= 11 is 12.4. The van der Waals surface area contributed by atoms with E-state index in [1.807, 2.05) is 0 Å². The zero-order valence-electron chi connectivity index (χ0n) is 18.0. The Morgan fingerprint density at radius 2 is 1.76 bits per heavy atom. The highest BCUT2D eigenvalue weighted by Gasteiger charge is 2.50. The second-order valence-corrected chi connectivity index (χ2v) is 9.49. The molecule has 2 amide bonds. The van der Waals surface area contributed by atoms with Gasteiger partial charge in [-0.05, 0) is 36.6 Å². The van der Waals surface area contributed by atoms with Crippen LogP contribution in [0.3, 0.4) is 0 Å². The SMILES string of the molecule is O=C(c1cc(Cc2c[nH]c(=O)c3cc(Cl)c(Cl)n23)ccc1F)N1CCN(C(=O)C2(O)CC2)CC1. The molecule has 3 aromatic rings. The Balaban J connectivity index is 1.35. The fourth-order valence-electron chi connectivity index (χ4n) is 4.29. The normalized spacial score (nSPS) is 17.3. The monoisotopic (exact) mass is 506 g/mol. The minimum absolute atomic E-state index is 0.0737. The van der Waals surface area contributed by atoms with Crippen molar-refractivity contribution in [2.75, 3.05) is 26.2 Å². The fraction of sp³-hybridized carbons (Fsp3) is 0.348. The number of carbonyl (C=O) groups excluding carboxylic acids is 2. The van der Waals surface area contributed by atoms with Crippen molar-refractivity contribution in [3.63, 3.8) is 0 Å². The number of amides is 2. The zero-order valence-corrected chi connectivity index (χ0v) is 19.5. The number of fused-ring (bicyclic) bond motifs is 1. The van der Waals surface area contributed by atoms with Crippen molar-refractivity contribution in [3.8, 4) is 0 Å². The van der Waals surface area contributed by atoms with Crippen LogP contribution >= 0.6 is 23.2 Å². The lowest BCUT2D eigenvalue weighted by Gasteiger charge is -2.35. The largest absolute Gasteiger partial charge is 0.380 e. The van der Waals surface area contributed by atoms with Crippen LogP contribution in [0.25, 0.3) is 5.52 Å². The number of nitrogens with one attached hydrogen (secondary N) is 1. The Morgan fingerprint density at radius 1 is 1.09 bits per heavy atom.